The quantitative estimate of drug-likeness (QED) is 0.621. The van der Waals surface area contributed by atoms with Crippen molar-refractivity contribution in [2.45, 2.75) is 39.7 Å². The molecule has 0 saturated carbocycles. The summed E-state index contributed by atoms with van der Waals surface area (Å²) in [5.74, 6) is 0.0850. The maximum atomic E-state index is 11.3. The molecule has 0 aromatic carbocycles. The summed E-state index contributed by atoms with van der Waals surface area (Å²) in [6, 6.07) is 0. The lowest BCUT2D eigenvalue weighted by molar-refractivity contribution is -0.114. The van der Waals surface area contributed by atoms with Crippen molar-refractivity contribution in [2.24, 2.45) is 10.2 Å². The number of carbonyl (C=O) groups is 1. The lowest BCUT2D eigenvalue weighted by Gasteiger charge is -2.15. The zero-order chi connectivity index (χ0) is 9.35. The smallest absolute Gasteiger partial charge is 0.160 e. The molecule has 0 amide bonds. The second-order valence-corrected chi connectivity index (χ2v) is 3.49. The van der Waals surface area contributed by atoms with Crippen LogP contribution < -0.4 is 0 Å². The normalized spacial score (nSPS) is 20.3. The first-order valence-electron chi connectivity index (χ1n) is 4.16. The zero-order valence-electron chi connectivity index (χ0n) is 8.01. The highest BCUT2D eigenvalue weighted by Gasteiger charge is 2.33. The number of carbonyl (C=O) groups excluding carboxylic acids is 1. The molecule has 0 aliphatic carbocycles. The van der Waals surface area contributed by atoms with Crippen LogP contribution in [0.25, 0.3) is 0 Å². The highest BCUT2D eigenvalue weighted by molar-refractivity contribution is 5.96. The first kappa shape index (κ1) is 9.10. The molecule has 1 rings (SSSR count). The van der Waals surface area contributed by atoms with Gasteiger partial charge in [-0.2, -0.15) is 10.2 Å². The van der Waals surface area contributed by atoms with Crippen molar-refractivity contribution in [3.8, 4) is 0 Å². The van der Waals surface area contributed by atoms with Crippen molar-refractivity contribution in [1.29, 1.82) is 0 Å². The van der Waals surface area contributed by atoms with E-state index in [9.17, 15) is 4.79 Å². The van der Waals surface area contributed by atoms with Crippen LogP contribution in [0.3, 0.4) is 0 Å². The van der Waals surface area contributed by atoms with Gasteiger partial charge in [0.25, 0.3) is 0 Å². The second kappa shape index (κ2) is 2.81. The molecule has 0 N–H and O–H groups in total. The Morgan fingerprint density at radius 3 is 2.42 bits per heavy atom. The van der Waals surface area contributed by atoms with E-state index < -0.39 is 5.54 Å². The maximum absolute atomic E-state index is 11.3. The second-order valence-electron chi connectivity index (χ2n) is 3.49. The van der Waals surface area contributed by atoms with Crippen LogP contribution >= 0.6 is 0 Å². The number of hydrogen-bond donors (Lipinski definition) is 0. The summed E-state index contributed by atoms with van der Waals surface area (Å²) >= 11 is 0. The molecule has 1 aliphatic rings. The Kier molecular flexibility index (Phi) is 2.13. The van der Waals surface area contributed by atoms with Crippen LogP contribution in [0.2, 0.25) is 0 Å². The Hall–Kier alpha value is -0.990. The molecule has 0 spiro atoms. The molecule has 0 atom stereocenters. The summed E-state index contributed by atoms with van der Waals surface area (Å²) in [5.41, 5.74) is 1.20. The van der Waals surface area contributed by atoms with Gasteiger partial charge in [-0.25, -0.2) is 0 Å². The summed E-state index contributed by atoms with van der Waals surface area (Å²) in [4.78, 5) is 11.3. The van der Waals surface area contributed by atoms with E-state index in [1.54, 1.807) is 6.92 Å². The fourth-order valence-electron chi connectivity index (χ4n) is 1.52. The molecule has 3 nitrogen and oxygen atoms in total. The minimum atomic E-state index is -0.406. The number of azo groups is 1. The molecule has 66 valence electrons. The van der Waals surface area contributed by atoms with Crippen molar-refractivity contribution < 1.29 is 4.79 Å². The Balaban J connectivity index is 3.13. The maximum Gasteiger partial charge on any atom is 0.160 e. The van der Waals surface area contributed by atoms with Gasteiger partial charge >= 0.3 is 0 Å². The number of hydrogen-bond acceptors (Lipinski definition) is 3. The molecule has 0 fully saturated rings. The summed E-state index contributed by atoms with van der Waals surface area (Å²) in [6.07, 6.45) is 0.780. The fraction of sp³-hybridized carbons (Fsp3) is 0.667. The molecule has 0 bridgehead atoms. The minimum absolute atomic E-state index is 0.0850. The third-order valence-electron chi connectivity index (χ3n) is 2.01. The molecule has 0 aromatic rings. The molecular weight excluding hydrogens is 152 g/mol. The van der Waals surface area contributed by atoms with Crippen LogP contribution in [0, 0.1) is 0 Å². The van der Waals surface area contributed by atoms with E-state index in [1.165, 1.54) is 0 Å². The topological polar surface area (TPSA) is 41.8 Å². The molecule has 0 radical (unpaired) electrons. The number of rotatable bonds is 2. The molecular formula is C9H14N2O. The molecule has 0 unspecified atom stereocenters. The van der Waals surface area contributed by atoms with Gasteiger partial charge in [-0.3, -0.25) is 4.79 Å². The van der Waals surface area contributed by atoms with Crippen LogP contribution in [0.1, 0.15) is 34.1 Å². The van der Waals surface area contributed by atoms with Crippen molar-refractivity contribution >= 4 is 5.78 Å². The standard InChI is InChI=1S/C9H14N2O/c1-5-7-8(6(2)12)9(3,4)11-10-7/h5H2,1-4H3. The van der Waals surface area contributed by atoms with E-state index in [2.05, 4.69) is 10.2 Å². The number of allylic oxidation sites excluding steroid dienone is 1. The fourth-order valence-corrected chi connectivity index (χ4v) is 1.52. The van der Waals surface area contributed by atoms with Gasteiger partial charge in [-0.1, -0.05) is 6.92 Å². The third kappa shape index (κ3) is 1.31. The summed E-state index contributed by atoms with van der Waals surface area (Å²) in [7, 11) is 0. The molecule has 3 heteroatoms. The van der Waals surface area contributed by atoms with Crippen LogP contribution in [0.4, 0.5) is 0 Å². The van der Waals surface area contributed by atoms with Crippen molar-refractivity contribution in [3.05, 3.63) is 11.3 Å². The SMILES string of the molecule is CCC1=C(C(C)=O)C(C)(C)N=N1. The van der Waals surface area contributed by atoms with E-state index in [0.717, 1.165) is 17.7 Å². The van der Waals surface area contributed by atoms with Gasteiger partial charge < -0.3 is 0 Å². The van der Waals surface area contributed by atoms with E-state index in [0.29, 0.717) is 0 Å². The Bertz CT molecular complexity index is 274. The lowest BCUT2D eigenvalue weighted by Crippen LogP contribution is -2.22. The molecule has 0 aromatic heterocycles. The van der Waals surface area contributed by atoms with Gasteiger partial charge in [0.15, 0.2) is 5.78 Å². The average Bonchev–Trinajstić information content (AvgIpc) is 2.24. The number of Topliss-reactive ketones (excluding diaryl/α,β-unsaturated/α-hetero) is 1. The monoisotopic (exact) mass is 166 g/mol. The van der Waals surface area contributed by atoms with Crippen molar-refractivity contribution in [2.75, 3.05) is 0 Å². The number of ketones is 1. The first-order valence-corrected chi connectivity index (χ1v) is 4.16. The van der Waals surface area contributed by atoms with Gasteiger partial charge in [-0.15, -0.1) is 0 Å². The van der Waals surface area contributed by atoms with E-state index in [1.807, 2.05) is 20.8 Å². The number of nitrogens with zero attached hydrogens (tertiary/aromatic N) is 2. The van der Waals surface area contributed by atoms with Crippen LogP contribution in [-0.4, -0.2) is 11.3 Å². The van der Waals surface area contributed by atoms with Gasteiger partial charge in [-0.05, 0) is 27.2 Å². The summed E-state index contributed by atoms with van der Waals surface area (Å²) in [6.45, 7) is 7.38. The zero-order valence-corrected chi connectivity index (χ0v) is 8.01. The predicted octanol–water partition coefficient (Wildman–Crippen LogP) is 2.48. The van der Waals surface area contributed by atoms with Crippen LogP contribution in [0.5, 0.6) is 0 Å². The summed E-state index contributed by atoms with van der Waals surface area (Å²) in [5, 5.41) is 8.05. The van der Waals surface area contributed by atoms with Crippen molar-refractivity contribution in [3.63, 3.8) is 0 Å². The highest BCUT2D eigenvalue weighted by atomic mass is 16.1. The van der Waals surface area contributed by atoms with E-state index >= 15 is 0 Å². The highest BCUT2D eigenvalue weighted by Crippen LogP contribution is 2.33. The minimum Gasteiger partial charge on any atom is -0.295 e. The third-order valence-corrected chi connectivity index (χ3v) is 2.01. The van der Waals surface area contributed by atoms with Gasteiger partial charge in [0.2, 0.25) is 0 Å². The van der Waals surface area contributed by atoms with Crippen LogP contribution in [-0.2, 0) is 4.79 Å². The Labute approximate surface area is 72.6 Å². The van der Waals surface area contributed by atoms with Crippen LogP contribution in [0.15, 0.2) is 21.5 Å². The summed E-state index contributed by atoms with van der Waals surface area (Å²) < 4.78 is 0. The van der Waals surface area contributed by atoms with Gasteiger partial charge in [0.05, 0.1) is 5.70 Å². The molecule has 12 heavy (non-hydrogen) atoms. The van der Waals surface area contributed by atoms with Gasteiger partial charge in [0.1, 0.15) is 5.54 Å². The lowest BCUT2D eigenvalue weighted by atomic mass is 9.91. The molecule has 1 heterocycles. The predicted molar refractivity (Wildman–Crippen MR) is 46.9 cm³/mol. The molecule has 1 aliphatic heterocycles. The van der Waals surface area contributed by atoms with E-state index in [4.69, 9.17) is 0 Å². The van der Waals surface area contributed by atoms with Crippen molar-refractivity contribution in [1.82, 2.24) is 0 Å². The average molecular weight is 166 g/mol. The molecule has 0 saturated heterocycles. The first-order chi connectivity index (χ1) is 5.49. The van der Waals surface area contributed by atoms with Gasteiger partial charge in [0, 0.05) is 5.57 Å². The largest absolute Gasteiger partial charge is 0.295 e. The van der Waals surface area contributed by atoms with E-state index in [-0.39, 0.29) is 5.78 Å². The Morgan fingerprint density at radius 2 is 2.08 bits per heavy atom. The Morgan fingerprint density at radius 1 is 1.50 bits per heavy atom.